The topological polar surface area (TPSA) is 37.4 Å². The van der Waals surface area contributed by atoms with Gasteiger partial charge in [-0.05, 0) is 36.8 Å². The fraction of sp³-hybridized carbons (Fsp3) is 0.312. The van der Waals surface area contributed by atoms with Gasteiger partial charge in [0, 0.05) is 38.6 Å². The number of nitrogens with one attached hydrogen (secondary N) is 1. The Labute approximate surface area is 120 Å². The highest BCUT2D eigenvalue weighted by Gasteiger charge is 2.01. The summed E-state index contributed by atoms with van der Waals surface area (Å²) in [6, 6.07) is 12.0. The Kier molecular flexibility index (Phi) is 4.82. The van der Waals surface area contributed by atoms with E-state index in [1.165, 1.54) is 0 Å². The average molecular weight is 271 g/mol. The van der Waals surface area contributed by atoms with E-state index in [4.69, 9.17) is 4.74 Å². The van der Waals surface area contributed by atoms with Gasteiger partial charge < -0.3 is 15.0 Å². The number of nitrogens with zero attached hydrogens (tertiary/aromatic N) is 2. The first kappa shape index (κ1) is 14.2. The van der Waals surface area contributed by atoms with E-state index in [2.05, 4.69) is 28.2 Å². The zero-order valence-corrected chi connectivity index (χ0v) is 12.3. The Bertz CT molecular complexity index is 555. The van der Waals surface area contributed by atoms with Crippen LogP contribution in [0.5, 0.6) is 5.75 Å². The SMILES string of the molecule is CCNc1cc(COc2cccc(N(C)C)c2)ccn1. The molecule has 0 aliphatic heterocycles. The maximum atomic E-state index is 5.83. The molecule has 0 saturated carbocycles. The first-order valence-corrected chi connectivity index (χ1v) is 6.78. The van der Waals surface area contributed by atoms with Crippen LogP contribution >= 0.6 is 0 Å². The second-order valence-electron chi connectivity index (χ2n) is 4.76. The van der Waals surface area contributed by atoms with Crippen LogP contribution in [0.2, 0.25) is 0 Å². The van der Waals surface area contributed by atoms with Gasteiger partial charge in [-0.25, -0.2) is 4.98 Å². The highest BCUT2D eigenvalue weighted by atomic mass is 16.5. The van der Waals surface area contributed by atoms with Gasteiger partial charge in [0.2, 0.25) is 0 Å². The second kappa shape index (κ2) is 6.80. The molecule has 0 radical (unpaired) electrons. The number of rotatable bonds is 6. The monoisotopic (exact) mass is 271 g/mol. The molecule has 1 aromatic heterocycles. The average Bonchev–Trinajstić information content (AvgIpc) is 2.46. The fourth-order valence-electron chi connectivity index (χ4n) is 1.86. The van der Waals surface area contributed by atoms with Crippen LogP contribution < -0.4 is 15.0 Å². The van der Waals surface area contributed by atoms with E-state index < -0.39 is 0 Å². The van der Waals surface area contributed by atoms with E-state index in [-0.39, 0.29) is 0 Å². The van der Waals surface area contributed by atoms with Gasteiger partial charge in [0.05, 0.1) is 0 Å². The molecule has 0 amide bonds. The lowest BCUT2D eigenvalue weighted by Crippen LogP contribution is -2.08. The van der Waals surface area contributed by atoms with Crippen LogP contribution in [0.4, 0.5) is 11.5 Å². The molecule has 0 aliphatic carbocycles. The summed E-state index contributed by atoms with van der Waals surface area (Å²) in [4.78, 5) is 6.31. The lowest BCUT2D eigenvalue weighted by molar-refractivity contribution is 0.306. The molecule has 0 atom stereocenters. The minimum atomic E-state index is 0.539. The van der Waals surface area contributed by atoms with Crippen molar-refractivity contribution >= 4 is 11.5 Å². The summed E-state index contributed by atoms with van der Waals surface area (Å²) in [6.07, 6.45) is 1.80. The molecule has 0 spiro atoms. The number of hydrogen-bond acceptors (Lipinski definition) is 4. The first-order chi connectivity index (χ1) is 9.69. The Morgan fingerprint density at radius 2 is 2.05 bits per heavy atom. The molecule has 0 bridgehead atoms. The van der Waals surface area contributed by atoms with Gasteiger partial charge in [-0.3, -0.25) is 0 Å². The van der Waals surface area contributed by atoms with Crippen LogP contribution in [0.1, 0.15) is 12.5 Å². The molecule has 0 saturated heterocycles. The third-order valence-electron chi connectivity index (χ3n) is 2.92. The molecular weight excluding hydrogens is 250 g/mol. The molecule has 1 N–H and O–H groups in total. The van der Waals surface area contributed by atoms with Crippen molar-refractivity contribution in [2.45, 2.75) is 13.5 Å². The largest absolute Gasteiger partial charge is 0.489 e. The summed E-state index contributed by atoms with van der Waals surface area (Å²) in [5.74, 6) is 1.76. The van der Waals surface area contributed by atoms with Crippen molar-refractivity contribution in [3.63, 3.8) is 0 Å². The molecule has 0 aliphatic rings. The minimum absolute atomic E-state index is 0.539. The number of pyridine rings is 1. The predicted molar refractivity (Wildman–Crippen MR) is 83.5 cm³/mol. The molecule has 0 fully saturated rings. The summed E-state index contributed by atoms with van der Waals surface area (Å²) in [7, 11) is 4.04. The summed E-state index contributed by atoms with van der Waals surface area (Å²) in [6.45, 7) is 3.46. The smallest absolute Gasteiger partial charge is 0.126 e. The molecule has 1 aromatic carbocycles. The Morgan fingerprint density at radius 1 is 1.20 bits per heavy atom. The molecule has 4 nitrogen and oxygen atoms in total. The van der Waals surface area contributed by atoms with E-state index in [0.29, 0.717) is 6.61 Å². The van der Waals surface area contributed by atoms with Crippen LogP contribution in [0, 0.1) is 0 Å². The van der Waals surface area contributed by atoms with Crippen LogP contribution in [-0.4, -0.2) is 25.6 Å². The first-order valence-electron chi connectivity index (χ1n) is 6.78. The molecule has 0 unspecified atom stereocenters. The molecule has 2 rings (SSSR count). The zero-order valence-electron chi connectivity index (χ0n) is 12.3. The quantitative estimate of drug-likeness (QED) is 0.875. The number of aromatic nitrogens is 1. The lowest BCUT2D eigenvalue weighted by Gasteiger charge is -2.14. The molecule has 106 valence electrons. The van der Waals surface area contributed by atoms with E-state index in [1.807, 2.05) is 44.4 Å². The Hall–Kier alpha value is -2.23. The highest BCUT2D eigenvalue weighted by molar-refractivity contribution is 5.49. The third-order valence-corrected chi connectivity index (χ3v) is 2.92. The normalized spacial score (nSPS) is 10.2. The van der Waals surface area contributed by atoms with E-state index in [0.717, 1.165) is 29.4 Å². The van der Waals surface area contributed by atoms with Crippen LogP contribution in [0.15, 0.2) is 42.6 Å². The van der Waals surface area contributed by atoms with Crippen LogP contribution in [0.25, 0.3) is 0 Å². The summed E-state index contributed by atoms with van der Waals surface area (Å²) in [5, 5.41) is 3.20. The van der Waals surface area contributed by atoms with Gasteiger partial charge >= 0.3 is 0 Å². The molecule has 20 heavy (non-hydrogen) atoms. The molecule has 1 heterocycles. The van der Waals surface area contributed by atoms with Gasteiger partial charge in [-0.2, -0.15) is 0 Å². The zero-order chi connectivity index (χ0) is 14.4. The van der Waals surface area contributed by atoms with Crippen molar-refractivity contribution in [1.29, 1.82) is 0 Å². The van der Waals surface area contributed by atoms with Crippen molar-refractivity contribution in [2.75, 3.05) is 30.9 Å². The molecule has 4 heteroatoms. The highest BCUT2D eigenvalue weighted by Crippen LogP contribution is 2.20. The van der Waals surface area contributed by atoms with Crippen molar-refractivity contribution in [3.05, 3.63) is 48.2 Å². The van der Waals surface area contributed by atoms with Gasteiger partial charge in [0.15, 0.2) is 0 Å². The maximum absolute atomic E-state index is 5.83. The fourth-order valence-corrected chi connectivity index (χ4v) is 1.86. The van der Waals surface area contributed by atoms with Crippen molar-refractivity contribution in [3.8, 4) is 5.75 Å². The summed E-state index contributed by atoms with van der Waals surface area (Å²) >= 11 is 0. The summed E-state index contributed by atoms with van der Waals surface area (Å²) in [5.41, 5.74) is 2.23. The van der Waals surface area contributed by atoms with Crippen LogP contribution in [-0.2, 0) is 6.61 Å². The Balaban J connectivity index is 2.01. The van der Waals surface area contributed by atoms with E-state index in [9.17, 15) is 0 Å². The Morgan fingerprint density at radius 3 is 2.80 bits per heavy atom. The minimum Gasteiger partial charge on any atom is -0.489 e. The molecular formula is C16H21N3O. The maximum Gasteiger partial charge on any atom is 0.126 e. The van der Waals surface area contributed by atoms with Gasteiger partial charge in [-0.15, -0.1) is 0 Å². The van der Waals surface area contributed by atoms with E-state index >= 15 is 0 Å². The lowest BCUT2D eigenvalue weighted by atomic mass is 10.2. The van der Waals surface area contributed by atoms with Crippen molar-refractivity contribution in [1.82, 2.24) is 4.98 Å². The van der Waals surface area contributed by atoms with Gasteiger partial charge in [0.1, 0.15) is 18.2 Å². The number of anilines is 2. The standard InChI is InChI=1S/C16H21N3O/c1-4-17-16-10-13(8-9-18-16)12-20-15-7-5-6-14(11-15)19(2)3/h5-11H,4,12H2,1-3H3,(H,17,18). The van der Waals surface area contributed by atoms with Crippen molar-refractivity contribution in [2.24, 2.45) is 0 Å². The second-order valence-corrected chi connectivity index (χ2v) is 4.76. The number of benzene rings is 1. The van der Waals surface area contributed by atoms with Crippen molar-refractivity contribution < 1.29 is 4.74 Å². The number of hydrogen-bond donors (Lipinski definition) is 1. The summed E-state index contributed by atoms with van der Waals surface area (Å²) < 4.78 is 5.83. The predicted octanol–water partition coefficient (Wildman–Crippen LogP) is 3.16. The molecule has 2 aromatic rings. The van der Waals surface area contributed by atoms with Gasteiger partial charge in [0.25, 0.3) is 0 Å². The van der Waals surface area contributed by atoms with Gasteiger partial charge in [-0.1, -0.05) is 6.07 Å². The third kappa shape index (κ3) is 3.88. The van der Waals surface area contributed by atoms with E-state index in [1.54, 1.807) is 6.20 Å². The number of ether oxygens (including phenoxy) is 1. The van der Waals surface area contributed by atoms with Crippen LogP contribution in [0.3, 0.4) is 0 Å².